The minimum atomic E-state index is 0.634. The summed E-state index contributed by atoms with van der Waals surface area (Å²) in [7, 11) is 16.1. The second kappa shape index (κ2) is 16.0. The Morgan fingerprint density at radius 1 is 0.274 bits per heavy atom. The summed E-state index contributed by atoms with van der Waals surface area (Å²) in [6.45, 7) is 0. The summed E-state index contributed by atoms with van der Waals surface area (Å²) in [5.74, 6) is 1.90. The molecule has 8 aromatic carbocycles. The third-order valence-electron chi connectivity index (χ3n) is 13.1. The van der Waals surface area contributed by atoms with Gasteiger partial charge in [-0.05, 0) is 73.5 Å². The molecule has 0 aliphatic rings. The highest BCUT2D eigenvalue weighted by molar-refractivity contribution is 7.28. The predicted octanol–water partition coefficient (Wildman–Crippen LogP) is 1.72. The lowest BCUT2D eigenvalue weighted by Crippen LogP contribution is -2.47. The molecule has 0 saturated heterocycles. The van der Waals surface area contributed by atoms with E-state index >= 15 is 0 Å². The highest BCUT2D eigenvalue weighted by Crippen LogP contribution is 2.36. The standard InChI is InChI=1S/C51H40B7N3S/c52-40-37(43(55)47-38(41(40)53)39-42(54)44(56)45(57)46(58)48(39)62-47)35-24-34(29-14-8-3-9-15-29)25-36(26-35)51-60-49(32-20-16-30(17-21-32)27-10-4-1-5-11-27)59-50(61-51)33-22-18-31(19-23-33)28-12-6-2-7-13-28/h1-26H,52-58H2. The molecule has 0 amide bonds. The fourth-order valence-corrected chi connectivity index (χ4v) is 10.6. The highest BCUT2D eigenvalue weighted by Gasteiger charge is 2.22. The topological polar surface area (TPSA) is 38.7 Å². The number of thiophene rings is 1. The van der Waals surface area contributed by atoms with Crippen molar-refractivity contribution in [3.63, 3.8) is 0 Å². The van der Waals surface area contributed by atoms with Crippen molar-refractivity contribution in [1.29, 1.82) is 0 Å². The van der Waals surface area contributed by atoms with Crippen LogP contribution in [-0.4, -0.2) is 69.9 Å². The van der Waals surface area contributed by atoms with Gasteiger partial charge in [-0.2, -0.15) is 0 Å². The first-order valence-corrected chi connectivity index (χ1v) is 22.2. The van der Waals surface area contributed by atoms with Gasteiger partial charge in [-0.15, -0.1) is 22.3 Å². The van der Waals surface area contributed by atoms with E-state index in [1.54, 1.807) is 0 Å². The number of rotatable bonds is 7. The third-order valence-corrected chi connectivity index (χ3v) is 14.5. The largest absolute Gasteiger partial charge is 0.208 e. The van der Waals surface area contributed by atoms with Gasteiger partial charge in [0.25, 0.3) is 0 Å². The summed E-state index contributed by atoms with van der Waals surface area (Å²) < 4.78 is 2.77. The summed E-state index contributed by atoms with van der Waals surface area (Å²) >= 11 is 1.95. The van der Waals surface area contributed by atoms with Crippen molar-refractivity contribution in [2.24, 2.45) is 0 Å². The van der Waals surface area contributed by atoms with Crippen LogP contribution in [0.1, 0.15) is 0 Å². The smallest absolute Gasteiger partial charge is 0.164 e. The zero-order chi connectivity index (χ0) is 42.6. The maximum atomic E-state index is 5.29. The predicted molar refractivity (Wildman–Crippen MR) is 288 cm³/mol. The van der Waals surface area contributed by atoms with Crippen LogP contribution in [0.25, 0.3) is 98.8 Å². The number of hydrogen-bond acceptors (Lipinski definition) is 4. The molecule has 0 fully saturated rings. The molecule has 0 N–H and O–H groups in total. The molecule has 2 heterocycles. The van der Waals surface area contributed by atoms with E-state index in [1.165, 1.54) is 75.1 Å². The van der Waals surface area contributed by atoms with E-state index in [2.05, 4.69) is 201 Å². The molecule has 0 unspecified atom stereocenters. The lowest BCUT2D eigenvalue weighted by molar-refractivity contribution is 1.07. The highest BCUT2D eigenvalue weighted by atomic mass is 32.1. The van der Waals surface area contributed by atoms with Crippen LogP contribution in [0, 0.1) is 0 Å². The van der Waals surface area contributed by atoms with Crippen LogP contribution in [0.3, 0.4) is 0 Å². The molecule has 0 aliphatic carbocycles. The van der Waals surface area contributed by atoms with Crippen LogP contribution in [-0.2, 0) is 0 Å². The molecule has 10 aromatic rings. The first-order valence-electron chi connectivity index (χ1n) is 21.4. The Morgan fingerprint density at radius 3 is 1.10 bits per heavy atom. The Hall–Kier alpha value is -6.56. The summed E-state index contributed by atoms with van der Waals surface area (Å²) in [4.78, 5) is 15.8. The molecule has 286 valence electrons. The lowest BCUT2D eigenvalue weighted by Gasteiger charge is -2.19. The second-order valence-electron chi connectivity index (χ2n) is 16.6. The van der Waals surface area contributed by atoms with Crippen LogP contribution in [0.15, 0.2) is 158 Å². The van der Waals surface area contributed by atoms with Gasteiger partial charge in [-0.1, -0.05) is 167 Å². The van der Waals surface area contributed by atoms with Crippen LogP contribution < -0.4 is 38.2 Å². The van der Waals surface area contributed by atoms with Gasteiger partial charge < -0.3 is 0 Å². The lowest BCUT2D eigenvalue weighted by atomic mass is 9.64. The molecule has 62 heavy (non-hydrogen) atoms. The Bertz CT molecular complexity index is 3240. The molecular formula is C51H40B7N3S. The number of nitrogens with zero attached hydrogens (tertiary/aromatic N) is 3. The number of aromatic nitrogens is 3. The Kier molecular flexibility index (Phi) is 10.2. The average molecular weight is 803 g/mol. The summed E-state index contributed by atoms with van der Waals surface area (Å²) in [6.07, 6.45) is 0. The van der Waals surface area contributed by atoms with Gasteiger partial charge in [0.05, 0.1) is 0 Å². The van der Waals surface area contributed by atoms with E-state index in [0.29, 0.717) is 17.5 Å². The average Bonchev–Trinajstić information content (AvgIpc) is 3.74. The van der Waals surface area contributed by atoms with Gasteiger partial charge in [0.15, 0.2) is 17.5 Å². The molecule has 0 atom stereocenters. The molecule has 0 saturated carbocycles. The summed E-state index contributed by atoms with van der Waals surface area (Å²) in [5.41, 5.74) is 21.6. The molecule has 11 heteroatoms. The Balaban J connectivity index is 1.19. The summed E-state index contributed by atoms with van der Waals surface area (Å²) in [6, 6.07) is 55.6. The Morgan fingerprint density at radius 2 is 0.613 bits per heavy atom. The van der Waals surface area contributed by atoms with Gasteiger partial charge in [0.1, 0.15) is 54.9 Å². The maximum absolute atomic E-state index is 5.29. The van der Waals surface area contributed by atoms with Gasteiger partial charge in [0, 0.05) is 26.1 Å². The van der Waals surface area contributed by atoms with Crippen LogP contribution in [0.2, 0.25) is 0 Å². The fraction of sp³-hybridized carbons (Fsp3) is 0. The van der Waals surface area contributed by atoms with E-state index in [4.69, 9.17) is 15.0 Å². The van der Waals surface area contributed by atoms with Crippen molar-refractivity contribution in [2.45, 2.75) is 0 Å². The van der Waals surface area contributed by atoms with E-state index in [-0.39, 0.29) is 0 Å². The molecule has 3 nitrogen and oxygen atoms in total. The van der Waals surface area contributed by atoms with E-state index in [0.717, 1.165) is 44.5 Å². The zero-order valence-electron chi connectivity index (χ0n) is 36.3. The molecule has 0 aliphatic heterocycles. The van der Waals surface area contributed by atoms with Crippen molar-refractivity contribution < 1.29 is 0 Å². The van der Waals surface area contributed by atoms with Crippen molar-refractivity contribution in [1.82, 2.24) is 15.0 Å². The van der Waals surface area contributed by atoms with E-state index in [9.17, 15) is 0 Å². The first-order chi connectivity index (χ1) is 30.1. The number of benzene rings is 8. The van der Waals surface area contributed by atoms with Crippen LogP contribution in [0.4, 0.5) is 0 Å². The van der Waals surface area contributed by atoms with E-state index < -0.39 is 0 Å². The Labute approximate surface area is 374 Å². The minimum absolute atomic E-state index is 0.634. The molecule has 10 rings (SSSR count). The molecule has 2 aromatic heterocycles. The number of hydrogen-bond donors (Lipinski definition) is 0. The maximum Gasteiger partial charge on any atom is 0.164 e. The van der Waals surface area contributed by atoms with Crippen LogP contribution in [0.5, 0.6) is 0 Å². The minimum Gasteiger partial charge on any atom is -0.208 e. The zero-order valence-corrected chi connectivity index (χ0v) is 37.1. The first kappa shape index (κ1) is 39.6. The van der Waals surface area contributed by atoms with Crippen LogP contribution >= 0.6 is 11.3 Å². The summed E-state index contributed by atoms with van der Waals surface area (Å²) in [5, 5.41) is 2.81. The molecule has 0 bridgehead atoms. The fourth-order valence-electron chi connectivity index (χ4n) is 9.14. The van der Waals surface area contributed by atoms with Crippen molar-refractivity contribution in [3.8, 4) is 78.7 Å². The molecule has 0 radical (unpaired) electrons. The quantitative estimate of drug-likeness (QED) is 0.231. The monoisotopic (exact) mass is 803 g/mol. The van der Waals surface area contributed by atoms with Gasteiger partial charge in [-0.3, -0.25) is 0 Å². The van der Waals surface area contributed by atoms with Gasteiger partial charge in [0.2, 0.25) is 0 Å². The van der Waals surface area contributed by atoms with E-state index in [1.807, 2.05) is 23.5 Å². The van der Waals surface area contributed by atoms with Gasteiger partial charge >= 0.3 is 0 Å². The van der Waals surface area contributed by atoms with Gasteiger partial charge in [-0.25, -0.2) is 15.0 Å². The SMILES string of the molecule is Bc1c(B)c(B)c2c(sc3c(B)c(-c4cc(-c5ccccc5)cc(-c5nc(-c6ccc(-c7ccccc7)cc6)nc(-c6ccc(-c7ccccc7)cc6)n5)c4)c(B)c(B)c32)c1B. The molecular weight excluding hydrogens is 762 g/mol. The molecule has 0 spiro atoms. The van der Waals surface area contributed by atoms with Crippen molar-refractivity contribution >= 4 is 125 Å². The van der Waals surface area contributed by atoms with Crippen molar-refractivity contribution in [3.05, 3.63) is 158 Å². The second-order valence-corrected chi connectivity index (χ2v) is 17.6. The van der Waals surface area contributed by atoms with Crippen molar-refractivity contribution in [2.75, 3.05) is 0 Å². The number of fused-ring (bicyclic) bond motifs is 3. The third kappa shape index (κ3) is 6.95. The normalized spacial score (nSPS) is 11.4.